The van der Waals surface area contributed by atoms with Crippen molar-refractivity contribution in [2.24, 2.45) is 4.99 Å². The number of fused-ring (bicyclic) bond motifs is 1. The number of para-hydroxylation sites is 1. The van der Waals surface area contributed by atoms with Gasteiger partial charge < -0.3 is 19.3 Å². The lowest BCUT2D eigenvalue weighted by atomic mass is 9.93. The molecule has 2 aromatic carbocycles. The minimum atomic E-state index is -0.672. The number of nitrogens with zero attached hydrogens (tertiary/aromatic N) is 3. The number of allylic oxidation sites excluding steroid dienone is 1. The zero-order valence-corrected chi connectivity index (χ0v) is 23.0. The van der Waals surface area contributed by atoms with Crippen LogP contribution in [0.15, 0.2) is 82.0 Å². The quantitative estimate of drug-likeness (QED) is 0.440. The van der Waals surface area contributed by atoms with Gasteiger partial charge in [-0.25, -0.2) is 9.79 Å². The number of esters is 1. The Morgan fingerprint density at radius 2 is 1.76 bits per heavy atom. The first-order valence-corrected chi connectivity index (χ1v) is 13.1. The van der Waals surface area contributed by atoms with Crippen LogP contribution in [0.2, 0.25) is 0 Å². The summed E-state index contributed by atoms with van der Waals surface area (Å²) >= 11 is 1.45. The van der Waals surface area contributed by atoms with E-state index in [1.165, 1.54) is 11.8 Å². The van der Waals surface area contributed by atoms with Crippen molar-refractivity contribution >= 4 is 28.8 Å². The molecule has 1 amide bonds. The minimum Gasteiger partial charge on any atom is -0.496 e. The van der Waals surface area contributed by atoms with Crippen LogP contribution in [-0.4, -0.2) is 46.6 Å². The van der Waals surface area contributed by atoms with Crippen LogP contribution in [0.3, 0.4) is 0 Å². The number of ether oxygens (including phenoxy) is 2. The molecule has 7 nitrogen and oxygen atoms in total. The van der Waals surface area contributed by atoms with Gasteiger partial charge in [0.05, 0.1) is 30.8 Å². The van der Waals surface area contributed by atoms with Crippen LogP contribution in [0.1, 0.15) is 51.3 Å². The molecule has 0 aromatic heterocycles. The third-order valence-electron chi connectivity index (χ3n) is 6.07. The molecule has 1 atom stereocenters. The van der Waals surface area contributed by atoms with Crippen LogP contribution < -0.4 is 4.74 Å². The van der Waals surface area contributed by atoms with Gasteiger partial charge in [-0.05, 0) is 44.7 Å². The Balaban J connectivity index is 1.69. The van der Waals surface area contributed by atoms with Gasteiger partial charge in [-0.3, -0.25) is 4.79 Å². The van der Waals surface area contributed by atoms with Crippen molar-refractivity contribution in [2.45, 2.75) is 52.3 Å². The summed E-state index contributed by atoms with van der Waals surface area (Å²) in [6.45, 7) is 7.86. The predicted molar refractivity (Wildman–Crippen MR) is 147 cm³/mol. The van der Waals surface area contributed by atoms with Gasteiger partial charge in [0, 0.05) is 24.9 Å². The molecule has 0 aliphatic carbocycles. The van der Waals surface area contributed by atoms with Gasteiger partial charge in [0.2, 0.25) is 5.91 Å². The molecule has 2 aromatic rings. The maximum atomic E-state index is 13.5. The summed E-state index contributed by atoms with van der Waals surface area (Å²) in [5, 5.41) is 2.66. The number of hydrogen-bond donors (Lipinski definition) is 0. The highest BCUT2D eigenvalue weighted by Gasteiger charge is 2.43. The van der Waals surface area contributed by atoms with E-state index in [2.05, 4.69) is 0 Å². The van der Waals surface area contributed by atoms with Crippen LogP contribution in [0, 0.1) is 0 Å². The Morgan fingerprint density at radius 1 is 1.08 bits per heavy atom. The number of amidine groups is 1. The standard InChI is InChI=1S/C29H33N3O4S/c1-19-25(27(34)36-29(2,3)4)26(22-14-10-11-15-23(22)35-6)32-21(18-37-28(32)30-19)16-24(33)31(5)17-20-12-8-7-9-13-20/h7-15,18,26H,16-17H2,1-6H3. The van der Waals surface area contributed by atoms with E-state index in [-0.39, 0.29) is 12.3 Å². The first kappa shape index (κ1) is 26.5. The van der Waals surface area contributed by atoms with E-state index < -0.39 is 17.6 Å². The second-order valence-corrected chi connectivity index (χ2v) is 10.9. The summed E-state index contributed by atoms with van der Waals surface area (Å²) in [7, 11) is 3.41. The van der Waals surface area contributed by atoms with Crippen molar-refractivity contribution in [1.82, 2.24) is 9.80 Å². The molecule has 0 saturated heterocycles. The lowest BCUT2D eigenvalue weighted by Gasteiger charge is -2.37. The van der Waals surface area contributed by atoms with E-state index >= 15 is 0 Å². The topological polar surface area (TPSA) is 71.4 Å². The van der Waals surface area contributed by atoms with Gasteiger partial charge in [0.1, 0.15) is 11.4 Å². The van der Waals surface area contributed by atoms with E-state index in [9.17, 15) is 9.59 Å². The van der Waals surface area contributed by atoms with Crippen molar-refractivity contribution < 1.29 is 19.1 Å². The lowest BCUT2D eigenvalue weighted by Crippen LogP contribution is -2.39. The Hall–Kier alpha value is -3.52. The number of rotatable bonds is 7. The molecule has 194 valence electrons. The fourth-order valence-electron chi connectivity index (χ4n) is 4.39. The summed E-state index contributed by atoms with van der Waals surface area (Å²) in [5.74, 6) is 0.180. The molecule has 2 aliphatic rings. The van der Waals surface area contributed by atoms with Gasteiger partial charge in [0.15, 0.2) is 5.17 Å². The zero-order valence-electron chi connectivity index (χ0n) is 22.1. The molecular formula is C29H33N3O4S. The molecule has 2 aliphatic heterocycles. The number of thioether (sulfide) groups is 1. The highest BCUT2D eigenvalue weighted by atomic mass is 32.2. The smallest absolute Gasteiger partial charge is 0.338 e. The van der Waals surface area contributed by atoms with Crippen LogP contribution in [0.4, 0.5) is 0 Å². The number of carbonyl (C=O) groups excluding carboxylic acids is 2. The Bertz CT molecular complexity index is 1280. The Labute approximate surface area is 222 Å². The number of aliphatic imine (C=N–C) groups is 1. The average Bonchev–Trinajstić information content (AvgIpc) is 3.24. The van der Waals surface area contributed by atoms with E-state index in [1.54, 1.807) is 19.1 Å². The normalized spacial score (nSPS) is 17.1. The molecule has 0 saturated carbocycles. The molecular weight excluding hydrogens is 486 g/mol. The van der Waals surface area contributed by atoms with E-state index in [1.807, 2.05) is 92.6 Å². The molecule has 0 fully saturated rings. The van der Waals surface area contributed by atoms with Crippen molar-refractivity contribution in [1.29, 1.82) is 0 Å². The first-order valence-electron chi connectivity index (χ1n) is 12.2. The maximum absolute atomic E-state index is 13.5. The first-order chi connectivity index (χ1) is 17.6. The number of hydrogen-bond acceptors (Lipinski definition) is 7. The summed E-state index contributed by atoms with van der Waals surface area (Å²) in [6.07, 6.45) is 0.168. The van der Waals surface area contributed by atoms with E-state index in [0.717, 1.165) is 16.8 Å². The summed E-state index contributed by atoms with van der Waals surface area (Å²) in [5.41, 5.74) is 2.99. The summed E-state index contributed by atoms with van der Waals surface area (Å²) in [6, 6.07) is 17.0. The van der Waals surface area contributed by atoms with E-state index in [4.69, 9.17) is 14.5 Å². The third kappa shape index (κ3) is 5.91. The SMILES string of the molecule is COc1ccccc1C1C(C(=O)OC(C)(C)C)=C(C)N=C2SC=C(CC(=O)N(C)Cc3ccccc3)N21. The van der Waals surface area contributed by atoms with Crippen molar-refractivity contribution in [3.8, 4) is 5.75 Å². The number of benzene rings is 2. The molecule has 37 heavy (non-hydrogen) atoms. The average molecular weight is 520 g/mol. The second-order valence-electron chi connectivity index (χ2n) is 10.0. The molecule has 0 radical (unpaired) electrons. The summed E-state index contributed by atoms with van der Waals surface area (Å²) in [4.78, 5) is 35.2. The lowest BCUT2D eigenvalue weighted by molar-refractivity contribution is -0.150. The largest absolute Gasteiger partial charge is 0.496 e. The number of methoxy groups -OCH3 is 1. The summed E-state index contributed by atoms with van der Waals surface area (Å²) < 4.78 is 11.5. The van der Waals surface area contributed by atoms with Crippen molar-refractivity contribution in [3.05, 3.63) is 88.1 Å². The van der Waals surface area contributed by atoms with Crippen LogP contribution in [0.5, 0.6) is 5.75 Å². The van der Waals surface area contributed by atoms with Gasteiger partial charge in [-0.1, -0.05) is 60.3 Å². The third-order valence-corrected chi connectivity index (χ3v) is 6.96. The van der Waals surface area contributed by atoms with Crippen LogP contribution >= 0.6 is 11.8 Å². The molecule has 0 bridgehead atoms. The molecule has 8 heteroatoms. The zero-order chi connectivity index (χ0) is 26.7. The predicted octanol–water partition coefficient (Wildman–Crippen LogP) is 5.66. The van der Waals surface area contributed by atoms with Gasteiger partial charge in [-0.15, -0.1) is 0 Å². The molecule has 2 heterocycles. The van der Waals surface area contributed by atoms with Crippen molar-refractivity contribution in [2.75, 3.05) is 14.2 Å². The minimum absolute atomic E-state index is 0.0270. The van der Waals surface area contributed by atoms with Crippen molar-refractivity contribution in [3.63, 3.8) is 0 Å². The fraction of sp³-hybridized carbons (Fsp3) is 0.345. The molecule has 4 rings (SSSR count). The van der Waals surface area contributed by atoms with Gasteiger partial charge in [-0.2, -0.15) is 0 Å². The van der Waals surface area contributed by atoms with Gasteiger partial charge in [0.25, 0.3) is 0 Å². The monoisotopic (exact) mass is 519 g/mol. The molecule has 1 unspecified atom stereocenters. The Kier molecular flexibility index (Phi) is 7.78. The number of carbonyl (C=O) groups is 2. The number of amides is 1. The highest BCUT2D eigenvalue weighted by Crippen LogP contribution is 2.47. The molecule has 0 N–H and O–H groups in total. The maximum Gasteiger partial charge on any atom is 0.338 e. The fourth-order valence-corrected chi connectivity index (χ4v) is 5.35. The van der Waals surface area contributed by atoms with Crippen LogP contribution in [-0.2, 0) is 20.9 Å². The highest BCUT2D eigenvalue weighted by molar-refractivity contribution is 8.16. The molecule has 0 spiro atoms. The Morgan fingerprint density at radius 3 is 2.43 bits per heavy atom. The van der Waals surface area contributed by atoms with Gasteiger partial charge >= 0.3 is 5.97 Å². The van der Waals surface area contributed by atoms with Crippen LogP contribution in [0.25, 0.3) is 0 Å². The second kappa shape index (κ2) is 10.8. The van der Waals surface area contributed by atoms with E-state index in [0.29, 0.717) is 28.7 Å².